The van der Waals surface area contributed by atoms with Gasteiger partial charge in [0.1, 0.15) is 5.75 Å². The van der Waals surface area contributed by atoms with Crippen molar-refractivity contribution >= 4 is 11.9 Å². The Morgan fingerprint density at radius 1 is 0.833 bits per heavy atom. The molecule has 0 saturated carbocycles. The second-order valence-corrected chi connectivity index (χ2v) is 9.27. The van der Waals surface area contributed by atoms with E-state index in [1.165, 1.54) is 19.3 Å². The number of nitrogens with zero attached hydrogens (tertiary/aromatic N) is 1. The van der Waals surface area contributed by atoms with E-state index in [-0.39, 0.29) is 12.3 Å². The summed E-state index contributed by atoms with van der Waals surface area (Å²) in [5.74, 6) is -0.263. The molecule has 190 valence electrons. The second kappa shape index (κ2) is 14.1. The molecule has 0 aliphatic heterocycles. The van der Waals surface area contributed by atoms with Crippen LogP contribution in [0, 0.1) is 0 Å². The van der Waals surface area contributed by atoms with E-state index in [4.69, 9.17) is 4.74 Å². The molecule has 1 N–H and O–H groups in total. The molecular weight excluding hydrogens is 450 g/mol. The highest BCUT2D eigenvalue weighted by atomic mass is 16.5. The first kappa shape index (κ1) is 27.0. The molecule has 0 aliphatic carbocycles. The lowest BCUT2D eigenvalue weighted by Gasteiger charge is -2.18. The molecule has 0 spiro atoms. The summed E-state index contributed by atoms with van der Waals surface area (Å²) < 4.78 is 5.68. The topological polar surface area (TPSA) is 66.8 Å². The minimum atomic E-state index is -0.991. The molecule has 3 aromatic rings. The van der Waals surface area contributed by atoms with Crippen LogP contribution in [0.25, 0.3) is 11.1 Å². The minimum absolute atomic E-state index is 0.187. The summed E-state index contributed by atoms with van der Waals surface area (Å²) in [6.45, 7) is 2.77. The summed E-state index contributed by atoms with van der Waals surface area (Å²) in [5, 5.41) is 9.60. The minimum Gasteiger partial charge on any atom is -0.478 e. The van der Waals surface area contributed by atoms with Crippen molar-refractivity contribution in [3.8, 4) is 16.9 Å². The van der Waals surface area contributed by atoms with Crippen LogP contribution in [-0.4, -0.2) is 35.0 Å². The van der Waals surface area contributed by atoms with Crippen LogP contribution in [0.1, 0.15) is 56.6 Å². The van der Waals surface area contributed by atoms with E-state index < -0.39 is 12.1 Å². The molecule has 3 aromatic carbocycles. The number of ether oxygens (including phenoxy) is 1. The average molecular weight is 488 g/mol. The van der Waals surface area contributed by atoms with Crippen LogP contribution in [0.5, 0.6) is 5.75 Å². The van der Waals surface area contributed by atoms with Gasteiger partial charge in [0, 0.05) is 26.4 Å². The molecule has 5 heteroatoms. The lowest BCUT2D eigenvalue weighted by atomic mass is 9.99. The first-order chi connectivity index (χ1) is 17.5. The van der Waals surface area contributed by atoms with Gasteiger partial charge in [-0.15, -0.1) is 0 Å². The summed E-state index contributed by atoms with van der Waals surface area (Å²) in [6, 6.07) is 25.1. The van der Waals surface area contributed by atoms with Crippen molar-refractivity contribution in [3.05, 3.63) is 90.0 Å². The Morgan fingerprint density at radius 3 is 2.25 bits per heavy atom. The lowest BCUT2D eigenvalue weighted by molar-refractivity contribution is -0.145. The molecule has 1 amide bonds. The number of unbranched alkanes of at least 4 members (excludes halogenated alkanes) is 4. The first-order valence-electron chi connectivity index (χ1n) is 12.8. The molecule has 1 unspecified atom stereocenters. The number of carbonyl (C=O) groups is 2. The van der Waals surface area contributed by atoms with Crippen molar-refractivity contribution in [1.29, 1.82) is 0 Å². The number of benzene rings is 3. The largest absolute Gasteiger partial charge is 0.478 e. The van der Waals surface area contributed by atoms with Crippen LogP contribution in [0.15, 0.2) is 78.9 Å². The Kier molecular flexibility index (Phi) is 10.6. The number of aliphatic carboxylic acids is 1. The van der Waals surface area contributed by atoms with Crippen molar-refractivity contribution in [3.63, 3.8) is 0 Å². The van der Waals surface area contributed by atoms with Gasteiger partial charge in [-0.25, -0.2) is 4.79 Å². The maximum Gasteiger partial charge on any atom is 0.345 e. The van der Waals surface area contributed by atoms with E-state index in [9.17, 15) is 14.7 Å². The molecule has 0 saturated heterocycles. The Balaban J connectivity index is 1.58. The van der Waals surface area contributed by atoms with Crippen LogP contribution >= 0.6 is 0 Å². The van der Waals surface area contributed by atoms with Crippen molar-refractivity contribution in [2.45, 2.75) is 64.5 Å². The predicted octanol–water partition coefficient (Wildman–Crippen LogP) is 6.75. The van der Waals surface area contributed by atoms with Crippen LogP contribution in [0.4, 0.5) is 0 Å². The van der Waals surface area contributed by atoms with Gasteiger partial charge in [-0.3, -0.25) is 4.79 Å². The van der Waals surface area contributed by atoms with E-state index in [0.29, 0.717) is 18.7 Å². The smallest absolute Gasteiger partial charge is 0.345 e. The fourth-order valence-electron chi connectivity index (χ4n) is 4.17. The standard InChI is InChI=1S/C31H37NO4/c1-3-4-5-6-10-16-30(33)32(2)23-25-12-11-13-27(21-25)26-19-17-24(18-20-26)22-29(31(34)35)36-28-14-8-7-9-15-28/h7-9,11-15,17-21,29H,3-6,10,16,22-23H2,1-2H3,(H,34,35). The predicted molar refractivity (Wildman–Crippen MR) is 144 cm³/mol. The van der Waals surface area contributed by atoms with Crippen LogP contribution < -0.4 is 4.74 Å². The maximum absolute atomic E-state index is 12.5. The Bertz CT molecular complexity index is 1100. The van der Waals surface area contributed by atoms with Crippen molar-refractivity contribution in [1.82, 2.24) is 4.90 Å². The van der Waals surface area contributed by atoms with Gasteiger partial charge in [0.2, 0.25) is 5.91 Å². The zero-order chi connectivity index (χ0) is 25.8. The summed E-state index contributed by atoms with van der Waals surface area (Å²) in [6.07, 6.45) is 5.63. The van der Waals surface area contributed by atoms with Crippen molar-refractivity contribution < 1.29 is 19.4 Å². The van der Waals surface area contributed by atoms with E-state index in [0.717, 1.165) is 35.1 Å². The molecule has 0 heterocycles. The normalized spacial score (nSPS) is 11.6. The Hall–Kier alpha value is -3.60. The van der Waals surface area contributed by atoms with Crippen molar-refractivity contribution in [2.75, 3.05) is 7.05 Å². The highest BCUT2D eigenvalue weighted by Crippen LogP contribution is 2.23. The summed E-state index contributed by atoms with van der Waals surface area (Å²) >= 11 is 0. The molecule has 0 aliphatic rings. The Morgan fingerprint density at radius 2 is 1.56 bits per heavy atom. The number of carboxylic acids is 1. The highest BCUT2D eigenvalue weighted by molar-refractivity contribution is 5.76. The summed E-state index contributed by atoms with van der Waals surface area (Å²) in [7, 11) is 1.87. The van der Waals surface area contributed by atoms with Gasteiger partial charge in [-0.1, -0.05) is 93.3 Å². The fourth-order valence-corrected chi connectivity index (χ4v) is 4.17. The lowest BCUT2D eigenvalue weighted by Crippen LogP contribution is -2.29. The number of rotatable bonds is 14. The summed E-state index contributed by atoms with van der Waals surface area (Å²) in [5.41, 5.74) is 4.08. The molecular formula is C31H37NO4. The number of hydrogen-bond donors (Lipinski definition) is 1. The number of carboxylic acid groups (broad SMARTS) is 1. The zero-order valence-corrected chi connectivity index (χ0v) is 21.4. The molecule has 3 rings (SSSR count). The molecule has 0 bridgehead atoms. The monoisotopic (exact) mass is 487 g/mol. The SMILES string of the molecule is CCCCCCCC(=O)N(C)Cc1cccc(-c2ccc(CC(Oc3ccccc3)C(=O)O)cc2)c1. The third-order valence-electron chi connectivity index (χ3n) is 6.27. The van der Waals surface area contributed by atoms with Crippen LogP contribution in [-0.2, 0) is 22.6 Å². The average Bonchev–Trinajstić information content (AvgIpc) is 2.89. The van der Waals surface area contributed by atoms with Crippen LogP contribution in [0.2, 0.25) is 0 Å². The molecule has 0 radical (unpaired) electrons. The number of para-hydroxylation sites is 1. The molecule has 1 atom stereocenters. The highest BCUT2D eigenvalue weighted by Gasteiger charge is 2.20. The number of hydrogen-bond acceptors (Lipinski definition) is 3. The van der Waals surface area contributed by atoms with E-state index >= 15 is 0 Å². The van der Waals surface area contributed by atoms with Gasteiger partial charge in [0.25, 0.3) is 0 Å². The zero-order valence-electron chi connectivity index (χ0n) is 21.4. The molecule has 36 heavy (non-hydrogen) atoms. The van der Waals surface area contributed by atoms with E-state index in [1.54, 1.807) is 17.0 Å². The van der Waals surface area contributed by atoms with Crippen molar-refractivity contribution in [2.24, 2.45) is 0 Å². The molecule has 0 aromatic heterocycles. The van der Waals surface area contributed by atoms with Crippen LogP contribution in [0.3, 0.4) is 0 Å². The first-order valence-corrected chi connectivity index (χ1v) is 12.8. The summed E-state index contributed by atoms with van der Waals surface area (Å²) in [4.78, 5) is 26.0. The van der Waals surface area contributed by atoms with E-state index in [2.05, 4.69) is 13.0 Å². The van der Waals surface area contributed by atoms with Gasteiger partial charge in [0.05, 0.1) is 0 Å². The third-order valence-corrected chi connectivity index (χ3v) is 6.27. The van der Waals surface area contributed by atoms with Gasteiger partial charge in [-0.05, 0) is 46.9 Å². The third kappa shape index (κ3) is 8.56. The quantitative estimate of drug-likeness (QED) is 0.256. The van der Waals surface area contributed by atoms with Gasteiger partial charge in [-0.2, -0.15) is 0 Å². The fraction of sp³-hybridized carbons (Fsp3) is 0.355. The van der Waals surface area contributed by atoms with Gasteiger partial charge >= 0.3 is 5.97 Å². The number of amides is 1. The molecule has 5 nitrogen and oxygen atoms in total. The second-order valence-electron chi connectivity index (χ2n) is 9.27. The van der Waals surface area contributed by atoms with E-state index in [1.807, 2.05) is 67.7 Å². The Labute approximate surface area is 214 Å². The molecule has 0 fully saturated rings. The van der Waals surface area contributed by atoms with Gasteiger partial charge < -0.3 is 14.7 Å². The number of carbonyl (C=O) groups excluding carboxylic acids is 1. The maximum atomic E-state index is 12.5. The van der Waals surface area contributed by atoms with Gasteiger partial charge in [0.15, 0.2) is 6.10 Å².